The third-order valence-electron chi connectivity index (χ3n) is 3.28. The molecule has 0 fully saturated rings. The number of carbonyl (C=O) groups is 2. The first-order valence-electron chi connectivity index (χ1n) is 7.33. The number of ether oxygens (including phenoxy) is 2. The summed E-state index contributed by atoms with van der Waals surface area (Å²) in [6, 6.07) is 3.77. The lowest BCUT2D eigenvalue weighted by Gasteiger charge is -2.20. The Morgan fingerprint density at radius 3 is 2.88 bits per heavy atom. The van der Waals surface area contributed by atoms with Crippen LogP contribution in [0.15, 0.2) is 35.3 Å². The molecule has 1 aromatic carbocycles. The number of methoxy groups -OCH3 is 1. The maximum absolute atomic E-state index is 11.6. The number of aliphatic carboxylic acids is 1. The Labute approximate surface area is 142 Å². The Morgan fingerprint density at radius 2 is 2.24 bits per heavy atom. The van der Waals surface area contributed by atoms with Crippen LogP contribution in [0.1, 0.15) is 18.4 Å². The number of nitrogens with one attached hydrogen (secondary N) is 1. The van der Waals surface area contributed by atoms with Gasteiger partial charge in [-0.2, -0.15) is 0 Å². The van der Waals surface area contributed by atoms with Crippen molar-refractivity contribution in [2.45, 2.75) is 18.6 Å². The van der Waals surface area contributed by atoms with E-state index >= 15 is 0 Å². The van der Waals surface area contributed by atoms with E-state index in [1.54, 1.807) is 18.2 Å². The Balaban J connectivity index is 2.25. The SMILES string of the molecule is C=CCOC(=O)NC(CC(=O)O)C(O)c1nc2c(OC)cccc2o1. The first-order valence-corrected chi connectivity index (χ1v) is 7.33. The highest BCUT2D eigenvalue weighted by atomic mass is 16.5. The predicted octanol–water partition coefficient (Wildman–Crippen LogP) is 1.63. The number of aromatic nitrogens is 1. The van der Waals surface area contributed by atoms with Gasteiger partial charge in [-0.25, -0.2) is 9.78 Å². The number of aliphatic hydroxyl groups excluding tert-OH is 1. The van der Waals surface area contributed by atoms with E-state index in [0.29, 0.717) is 16.8 Å². The maximum atomic E-state index is 11.6. The molecule has 2 atom stereocenters. The van der Waals surface area contributed by atoms with E-state index in [4.69, 9.17) is 19.0 Å². The summed E-state index contributed by atoms with van der Waals surface area (Å²) >= 11 is 0. The monoisotopic (exact) mass is 350 g/mol. The molecular formula is C16H18N2O7. The maximum Gasteiger partial charge on any atom is 0.407 e. The zero-order chi connectivity index (χ0) is 18.4. The van der Waals surface area contributed by atoms with Gasteiger partial charge in [0.25, 0.3) is 0 Å². The molecule has 0 aliphatic carbocycles. The fourth-order valence-corrected chi connectivity index (χ4v) is 2.16. The van der Waals surface area contributed by atoms with E-state index in [2.05, 4.69) is 16.9 Å². The minimum absolute atomic E-state index is 0.0538. The number of carboxylic acids is 1. The average Bonchev–Trinajstić information content (AvgIpc) is 3.02. The van der Waals surface area contributed by atoms with Crippen molar-refractivity contribution in [3.8, 4) is 5.75 Å². The zero-order valence-electron chi connectivity index (χ0n) is 13.5. The number of oxazole rings is 1. The van der Waals surface area contributed by atoms with Gasteiger partial charge in [0.1, 0.15) is 12.4 Å². The number of amides is 1. The second-order valence-electron chi connectivity index (χ2n) is 5.04. The Hall–Kier alpha value is -3.07. The van der Waals surface area contributed by atoms with Crippen LogP contribution in [0, 0.1) is 0 Å². The second-order valence-corrected chi connectivity index (χ2v) is 5.04. The van der Waals surface area contributed by atoms with Crippen molar-refractivity contribution in [3.05, 3.63) is 36.7 Å². The summed E-state index contributed by atoms with van der Waals surface area (Å²) in [4.78, 5) is 26.8. The van der Waals surface area contributed by atoms with Crippen molar-refractivity contribution in [2.24, 2.45) is 0 Å². The summed E-state index contributed by atoms with van der Waals surface area (Å²) in [5.74, 6) is -0.927. The van der Waals surface area contributed by atoms with E-state index in [1.807, 2.05) is 0 Å². The highest BCUT2D eigenvalue weighted by Gasteiger charge is 2.30. The summed E-state index contributed by atoms with van der Waals surface area (Å²) < 4.78 is 15.4. The van der Waals surface area contributed by atoms with Crippen LogP contribution in [0.4, 0.5) is 4.79 Å². The molecule has 3 N–H and O–H groups in total. The molecule has 2 unspecified atom stereocenters. The molecule has 0 aliphatic heterocycles. The third-order valence-corrected chi connectivity index (χ3v) is 3.28. The van der Waals surface area contributed by atoms with Gasteiger partial charge in [0.05, 0.1) is 19.6 Å². The van der Waals surface area contributed by atoms with Crippen LogP contribution in [-0.2, 0) is 9.53 Å². The molecule has 0 saturated carbocycles. The molecule has 0 bridgehead atoms. The van der Waals surface area contributed by atoms with E-state index in [0.717, 1.165) is 0 Å². The van der Waals surface area contributed by atoms with E-state index < -0.39 is 30.6 Å². The molecule has 25 heavy (non-hydrogen) atoms. The first kappa shape index (κ1) is 18.3. The van der Waals surface area contributed by atoms with Crippen LogP contribution in [-0.4, -0.2) is 47.0 Å². The molecule has 2 rings (SSSR count). The van der Waals surface area contributed by atoms with Gasteiger partial charge in [0, 0.05) is 0 Å². The number of hydrogen-bond acceptors (Lipinski definition) is 7. The predicted molar refractivity (Wildman–Crippen MR) is 86.2 cm³/mol. The van der Waals surface area contributed by atoms with Crippen LogP contribution < -0.4 is 10.1 Å². The number of carbonyl (C=O) groups excluding carboxylic acids is 1. The summed E-state index contributed by atoms with van der Waals surface area (Å²) in [5, 5.41) is 21.7. The first-order chi connectivity index (χ1) is 12.0. The van der Waals surface area contributed by atoms with Gasteiger partial charge in [-0.1, -0.05) is 18.7 Å². The number of hydrogen-bond donors (Lipinski definition) is 3. The number of benzene rings is 1. The van der Waals surface area contributed by atoms with E-state index in [9.17, 15) is 14.7 Å². The smallest absolute Gasteiger partial charge is 0.407 e. The molecule has 0 radical (unpaired) electrons. The Kier molecular flexibility index (Phi) is 5.96. The standard InChI is InChI=1S/C16H18N2O7/c1-3-7-24-16(22)17-9(8-12(19)20)14(21)15-18-13-10(23-2)5-4-6-11(13)25-15/h3-6,9,14,21H,1,7-8H2,2H3,(H,17,22)(H,19,20). The molecule has 1 amide bonds. The van der Waals surface area contributed by atoms with Crippen molar-refractivity contribution >= 4 is 23.2 Å². The lowest BCUT2D eigenvalue weighted by Crippen LogP contribution is -2.41. The summed E-state index contributed by atoms with van der Waals surface area (Å²) in [6.45, 7) is 3.34. The topological polar surface area (TPSA) is 131 Å². The Morgan fingerprint density at radius 1 is 1.48 bits per heavy atom. The fourth-order valence-electron chi connectivity index (χ4n) is 2.16. The number of rotatable bonds is 8. The minimum atomic E-state index is -1.50. The lowest BCUT2D eigenvalue weighted by atomic mass is 10.1. The van der Waals surface area contributed by atoms with Gasteiger partial charge in [-0.3, -0.25) is 4.79 Å². The molecule has 0 aliphatic rings. The lowest BCUT2D eigenvalue weighted by molar-refractivity contribution is -0.138. The zero-order valence-corrected chi connectivity index (χ0v) is 13.5. The van der Waals surface area contributed by atoms with Crippen molar-refractivity contribution in [1.82, 2.24) is 10.3 Å². The number of alkyl carbamates (subject to hydrolysis) is 1. The van der Waals surface area contributed by atoms with Gasteiger partial charge in [-0.15, -0.1) is 0 Å². The number of carboxylic acid groups (broad SMARTS) is 1. The molecule has 0 spiro atoms. The third kappa shape index (κ3) is 4.48. The second kappa shape index (κ2) is 8.15. The minimum Gasteiger partial charge on any atom is -0.494 e. The van der Waals surface area contributed by atoms with Gasteiger partial charge >= 0.3 is 12.1 Å². The summed E-state index contributed by atoms with van der Waals surface area (Å²) in [6.07, 6.45) is -1.58. The summed E-state index contributed by atoms with van der Waals surface area (Å²) in [5.41, 5.74) is 0.735. The fraction of sp³-hybridized carbons (Fsp3) is 0.312. The molecule has 134 valence electrons. The largest absolute Gasteiger partial charge is 0.494 e. The van der Waals surface area contributed by atoms with Gasteiger partial charge in [-0.05, 0) is 12.1 Å². The molecular weight excluding hydrogens is 332 g/mol. The van der Waals surface area contributed by atoms with Gasteiger partial charge in [0.15, 0.2) is 17.2 Å². The molecule has 2 aromatic rings. The normalized spacial score (nSPS) is 13.0. The van der Waals surface area contributed by atoms with Crippen molar-refractivity contribution < 1.29 is 33.7 Å². The van der Waals surface area contributed by atoms with Gasteiger partial charge < -0.3 is 29.4 Å². The highest BCUT2D eigenvalue weighted by molar-refractivity contribution is 5.79. The van der Waals surface area contributed by atoms with Crippen LogP contribution >= 0.6 is 0 Å². The van der Waals surface area contributed by atoms with Crippen molar-refractivity contribution in [2.75, 3.05) is 13.7 Å². The number of fused-ring (bicyclic) bond motifs is 1. The Bertz CT molecular complexity index is 771. The number of para-hydroxylation sites is 1. The van der Waals surface area contributed by atoms with Crippen molar-refractivity contribution in [1.29, 1.82) is 0 Å². The number of aliphatic hydroxyl groups is 1. The van der Waals surface area contributed by atoms with Crippen molar-refractivity contribution in [3.63, 3.8) is 0 Å². The molecule has 9 nitrogen and oxygen atoms in total. The molecule has 9 heteroatoms. The quantitative estimate of drug-likeness (QED) is 0.612. The van der Waals surface area contributed by atoms with E-state index in [-0.39, 0.29) is 12.5 Å². The van der Waals surface area contributed by atoms with Crippen LogP contribution in [0.3, 0.4) is 0 Å². The summed E-state index contributed by atoms with van der Waals surface area (Å²) in [7, 11) is 1.46. The van der Waals surface area contributed by atoms with E-state index in [1.165, 1.54) is 13.2 Å². The molecule has 1 aromatic heterocycles. The molecule has 0 saturated heterocycles. The highest BCUT2D eigenvalue weighted by Crippen LogP contribution is 2.29. The van der Waals surface area contributed by atoms with Crippen LogP contribution in [0.5, 0.6) is 5.75 Å². The molecule has 1 heterocycles. The number of nitrogens with zero attached hydrogens (tertiary/aromatic N) is 1. The average molecular weight is 350 g/mol. The van der Waals surface area contributed by atoms with Gasteiger partial charge in [0.2, 0.25) is 5.89 Å². The van der Waals surface area contributed by atoms with Crippen LogP contribution in [0.2, 0.25) is 0 Å². The van der Waals surface area contributed by atoms with Crippen LogP contribution in [0.25, 0.3) is 11.1 Å².